The number of nitrogens with zero attached hydrogens (tertiary/aromatic N) is 1. The van der Waals surface area contributed by atoms with Crippen molar-refractivity contribution in [2.45, 2.75) is 38.1 Å². The summed E-state index contributed by atoms with van der Waals surface area (Å²) in [5.74, 6) is 0. The first-order chi connectivity index (χ1) is 8.69. The van der Waals surface area contributed by atoms with E-state index < -0.39 is 0 Å². The molecule has 0 unspecified atom stereocenters. The first kappa shape index (κ1) is 12.3. The van der Waals surface area contributed by atoms with Crippen LogP contribution in [0.25, 0.3) is 0 Å². The van der Waals surface area contributed by atoms with Crippen molar-refractivity contribution in [3.63, 3.8) is 0 Å². The number of nitrogens with one attached hydrogen (secondary N) is 1. The van der Waals surface area contributed by atoms with Gasteiger partial charge in [-0.3, -0.25) is 0 Å². The Morgan fingerprint density at radius 2 is 2.06 bits per heavy atom. The van der Waals surface area contributed by atoms with Crippen molar-refractivity contribution in [3.05, 3.63) is 28.8 Å². The molecule has 0 radical (unpaired) electrons. The van der Waals surface area contributed by atoms with Crippen LogP contribution >= 0.6 is 11.6 Å². The maximum Gasteiger partial charge on any atom is 0.0642 e. The third-order valence-corrected chi connectivity index (χ3v) is 4.68. The summed E-state index contributed by atoms with van der Waals surface area (Å²) >= 11 is 6.40. The Hall–Kier alpha value is -0.730. The van der Waals surface area contributed by atoms with Crippen molar-refractivity contribution in [2.75, 3.05) is 24.5 Å². The van der Waals surface area contributed by atoms with Gasteiger partial charge in [-0.25, -0.2) is 0 Å². The van der Waals surface area contributed by atoms with E-state index in [1.165, 1.54) is 36.9 Å². The number of piperazine rings is 1. The van der Waals surface area contributed by atoms with E-state index in [2.05, 4.69) is 35.3 Å². The van der Waals surface area contributed by atoms with Gasteiger partial charge in [0.15, 0.2) is 0 Å². The number of hydrogen-bond acceptors (Lipinski definition) is 2. The Kier molecular flexibility index (Phi) is 3.25. The molecule has 1 aromatic rings. The van der Waals surface area contributed by atoms with Crippen LogP contribution in [0.2, 0.25) is 5.02 Å². The monoisotopic (exact) mass is 264 g/mol. The smallest absolute Gasteiger partial charge is 0.0642 e. The molecule has 2 fully saturated rings. The molecule has 98 valence electrons. The van der Waals surface area contributed by atoms with Gasteiger partial charge in [0.05, 0.1) is 10.7 Å². The molecule has 1 saturated carbocycles. The third-order valence-electron chi connectivity index (χ3n) is 4.38. The standard InChI is InChI=1S/C15H21ClN2/c1-12-4-5-14(13(16)10-12)18-9-8-17-15(11-18)6-2-3-7-15/h4-5,10,17H,2-3,6-9,11H2,1H3. The largest absolute Gasteiger partial charge is 0.367 e. The van der Waals surface area contributed by atoms with Gasteiger partial charge in [0, 0.05) is 25.2 Å². The third kappa shape index (κ3) is 2.24. The normalized spacial score (nSPS) is 22.7. The van der Waals surface area contributed by atoms with E-state index in [1.54, 1.807) is 0 Å². The van der Waals surface area contributed by atoms with E-state index in [4.69, 9.17) is 11.6 Å². The fourth-order valence-corrected chi connectivity index (χ4v) is 3.77. The molecule has 1 aromatic carbocycles. The van der Waals surface area contributed by atoms with Crippen LogP contribution in [0.3, 0.4) is 0 Å². The van der Waals surface area contributed by atoms with Crippen LogP contribution < -0.4 is 10.2 Å². The highest BCUT2D eigenvalue weighted by molar-refractivity contribution is 6.33. The quantitative estimate of drug-likeness (QED) is 0.837. The number of hydrogen-bond donors (Lipinski definition) is 1. The summed E-state index contributed by atoms with van der Waals surface area (Å²) in [5, 5.41) is 4.63. The van der Waals surface area contributed by atoms with Gasteiger partial charge in [-0.05, 0) is 37.5 Å². The number of anilines is 1. The predicted molar refractivity (Wildman–Crippen MR) is 77.6 cm³/mol. The molecule has 1 aliphatic heterocycles. The molecule has 3 rings (SSSR count). The predicted octanol–water partition coefficient (Wildman–Crippen LogP) is 3.37. The SMILES string of the molecule is Cc1ccc(N2CCNC3(CCCC3)C2)c(Cl)c1. The minimum Gasteiger partial charge on any atom is -0.367 e. The fourth-order valence-electron chi connectivity index (χ4n) is 3.42. The molecule has 0 bridgehead atoms. The Morgan fingerprint density at radius 1 is 1.28 bits per heavy atom. The van der Waals surface area contributed by atoms with Gasteiger partial charge in [0.1, 0.15) is 0 Å². The van der Waals surface area contributed by atoms with Crippen LogP contribution in [-0.2, 0) is 0 Å². The lowest BCUT2D eigenvalue weighted by atomic mass is 9.94. The number of benzene rings is 1. The van der Waals surface area contributed by atoms with Crippen molar-refractivity contribution < 1.29 is 0 Å². The highest BCUT2D eigenvalue weighted by Crippen LogP contribution is 2.35. The van der Waals surface area contributed by atoms with Crippen molar-refractivity contribution in [3.8, 4) is 0 Å². The van der Waals surface area contributed by atoms with E-state index in [1.807, 2.05) is 0 Å². The fraction of sp³-hybridized carbons (Fsp3) is 0.600. The highest BCUT2D eigenvalue weighted by Gasteiger charge is 2.37. The van der Waals surface area contributed by atoms with Gasteiger partial charge in [-0.1, -0.05) is 30.5 Å². The number of halogens is 1. The average Bonchev–Trinajstić information content (AvgIpc) is 2.77. The Balaban J connectivity index is 1.83. The molecular formula is C15H21ClN2. The Labute approximate surface area is 114 Å². The summed E-state index contributed by atoms with van der Waals surface area (Å²) in [6, 6.07) is 6.40. The molecule has 3 heteroatoms. The molecule has 1 N–H and O–H groups in total. The van der Waals surface area contributed by atoms with Gasteiger partial charge in [-0.2, -0.15) is 0 Å². The summed E-state index contributed by atoms with van der Waals surface area (Å²) < 4.78 is 0. The summed E-state index contributed by atoms with van der Waals surface area (Å²) in [5.41, 5.74) is 2.79. The summed E-state index contributed by atoms with van der Waals surface area (Å²) in [4.78, 5) is 2.46. The van der Waals surface area contributed by atoms with Crippen molar-refractivity contribution >= 4 is 17.3 Å². The van der Waals surface area contributed by atoms with Crippen LogP contribution in [0, 0.1) is 6.92 Å². The average molecular weight is 265 g/mol. The van der Waals surface area contributed by atoms with Crippen molar-refractivity contribution in [1.29, 1.82) is 0 Å². The zero-order valence-corrected chi connectivity index (χ0v) is 11.8. The van der Waals surface area contributed by atoms with Crippen LogP contribution in [0.15, 0.2) is 18.2 Å². The zero-order valence-electron chi connectivity index (χ0n) is 11.0. The minimum absolute atomic E-state index is 0.354. The lowest BCUT2D eigenvalue weighted by molar-refractivity contribution is 0.304. The second-order valence-corrected chi connectivity index (χ2v) is 6.20. The second kappa shape index (κ2) is 4.75. The van der Waals surface area contributed by atoms with Gasteiger partial charge in [0.25, 0.3) is 0 Å². The molecule has 2 aliphatic rings. The minimum atomic E-state index is 0.354. The molecule has 1 heterocycles. The molecule has 0 atom stereocenters. The highest BCUT2D eigenvalue weighted by atomic mass is 35.5. The van der Waals surface area contributed by atoms with Gasteiger partial charge < -0.3 is 10.2 Å². The molecule has 1 aliphatic carbocycles. The maximum absolute atomic E-state index is 6.40. The molecule has 18 heavy (non-hydrogen) atoms. The molecule has 0 amide bonds. The van der Waals surface area contributed by atoms with E-state index in [0.29, 0.717) is 5.54 Å². The lowest BCUT2D eigenvalue weighted by Gasteiger charge is -2.43. The van der Waals surface area contributed by atoms with E-state index >= 15 is 0 Å². The van der Waals surface area contributed by atoms with Gasteiger partial charge >= 0.3 is 0 Å². The first-order valence-corrected chi connectivity index (χ1v) is 7.33. The maximum atomic E-state index is 6.40. The Bertz CT molecular complexity index is 438. The van der Waals surface area contributed by atoms with E-state index in [-0.39, 0.29) is 0 Å². The first-order valence-electron chi connectivity index (χ1n) is 6.95. The summed E-state index contributed by atoms with van der Waals surface area (Å²) in [6.07, 6.45) is 5.35. The van der Waals surface area contributed by atoms with Gasteiger partial charge in [-0.15, -0.1) is 0 Å². The van der Waals surface area contributed by atoms with Gasteiger partial charge in [0.2, 0.25) is 0 Å². The molecule has 0 aromatic heterocycles. The molecule has 1 saturated heterocycles. The molecule has 2 nitrogen and oxygen atoms in total. The summed E-state index contributed by atoms with van der Waals surface area (Å²) in [6.45, 7) is 5.33. The van der Waals surface area contributed by atoms with E-state index in [0.717, 1.165) is 24.7 Å². The number of rotatable bonds is 1. The lowest BCUT2D eigenvalue weighted by Crippen LogP contribution is -2.59. The summed E-state index contributed by atoms with van der Waals surface area (Å²) in [7, 11) is 0. The van der Waals surface area contributed by atoms with Crippen molar-refractivity contribution in [1.82, 2.24) is 5.32 Å². The van der Waals surface area contributed by atoms with Crippen LogP contribution in [0.1, 0.15) is 31.2 Å². The van der Waals surface area contributed by atoms with Crippen LogP contribution in [-0.4, -0.2) is 25.2 Å². The Morgan fingerprint density at radius 3 is 2.78 bits per heavy atom. The van der Waals surface area contributed by atoms with E-state index in [9.17, 15) is 0 Å². The molecule has 1 spiro atoms. The van der Waals surface area contributed by atoms with Crippen LogP contribution in [0.5, 0.6) is 0 Å². The van der Waals surface area contributed by atoms with Crippen molar-refractivity contribution in [2.24, 2.45) is 0 Å². The topological polar surface area (TPSA) is 15.3 Å². The zero-order chi connectivity index (χ0) is 12.6. The number of aryl methyl sites for hydroxylation is 1. The molecular weight excluding hydrogens is 244 g/mol. The van der Waals surface area contributed by atoms with Crippen LogP contribution in [0.4, 0.5) is 5.69 Å². The second-order valence-electron chi connectivity index (χ2n) is 5.79.